The van der Waals surface area contributed by atoms with Crippen molar-refractivity contribution in [2.75, 3.05) is 6.54 Å². The van der Waals surface area contributed by atoms with Gasteiger partial charge in [-0.1, -0.05) is 20.8 Å². The Bertz CT molecular complexity index is 446. The summed E-state index contributed by atoms with van der Waals surface area (Å²) in [7, 11) is -1.91. The van der Waals surface area contributed by atoms with Crippen molar-refractivity contribution >= 4 is 14.4 Å². The molecule has 0 aliphatic carbocycles. The van der Waals surface area contributed by atoms with E-state index in [0.717, 1.165) is 6.26 Å². The Balaban J connectivity index is 2.80. The van der Waals surface area contributed by atoms with E-state index in [0.29, 0.717) is 18.7 Å². The first-order chi connectivity index (χ1) is 9.77. The van der Waals surface area contributed by atoms with Crippen molar-refractivity contribution in [2.24, 2.45) is 0 Å². The van der Waals surface area contributed by atoms with E-state index in [-0.39, 0.29) is 11.1 Å². The molecule has 0 radical (unpaired) electrons. The third-order valence-electron chi connectivity index (χ3n) is 4.20. The molecule has 0 unspecified atom stereocenters. The van der Waals surface area contributed by atoms with Gasteiger partial charge in [-0.3, -0.25) is 4.90 Å². The molecule has 22 heavy (non-hydrogen) atoms. The number of aliphatic hydroxyl groups is 1. The number of hydrogen-bond donors (Lipinski definition) is 1. The second-order valence-electron chi connectivity index (χ2n) is 8.42. The Morgan fingerprint density at radius 2 is 1.82 bits per heavy atom. The fraction of sp³-hybridized carbons (Fsp3) is 0.812. The van der Waals surface area contributed by atoms with Gasteiger partial charge in [0.25, 0.3) is 0 Å². The largest absolute Gasteiger partial charge is 0.514 e. The van der Waals surface area contributed by atoms with Gasteiger partial charge in [0, 0.05) is 6.42 Å². The first kappa shape index (κ1) is 19.0. The molecule has 1 aliphatic rings. The summed E-state index contributed by atoms with van der Waals surface area (Å²) >= 11 is 0. The molecule has 128 valence electrons. The number of nitrogens with zero attached hydrogens (tertiary/aromatic N) is 1. The molecule has 1 fully saturated rings. The first-order valence-electron chi connectivity index (χ1n) is 7.78. The number of amides is 1. The highest BCUT2D eigenvalue weighted by molar-refractivity contribution is 6.74. The van der Waals surface area contributed by atoms with Crippen LogP contribution in [0.15, 0.2) is 12.0 Å². The van der Waals surface area contributed by atoms with Gasteiger partial charge in [-0.05, 0) is 38.9 Å². The molecule has 1 saturated heterocycles. The third kappa shape index (κ3) is 4.74. The summed E-state index contributed by atoms with van der Waals surface area (Å²) < 4.78 is 11.7. The van der Waals surface area contributed by atoms with Crippen LogP contribution < -0.4 is 0 Å². The number of likely N-dealkylation sites (tertiary alicyclic amines) is 1. The van der Waals surface area contributed by atoms with E-state index >= 15 is 0 Å². The Morgan fingerprint density at radius 3 is 2.23 bits per heavy atom. The lowest BCUT2D eigenvalue weighted by atomic mass is 10.2. The van der Waals surface area contributed by atoms with Gasteiger partial charge in [-0.15, -0.1) is 0 Å². The highest BCUT2D eigenvalue weighted by Gasteiger charge is 2.42. The average molecular weight is 330 g/mol. The number of rotatable bonds is 2. The van der Waals surface area contributed by atoms with E-state index < -0.39 is 20.0 Å². The zero-order chi connectivity index (χ0) is 17.3. The van der Waals surface area contributed by atoms with Crippen LogP contribution in [0.3, 0.4) is 0 Å². The van der Waals surface area contributed by atoms with Crippen LogP contribution in [0.2, 0.25) is 18.1 Å². The molecule has 1 rings (SSSR count). The highest BCUT2D eigenvalue weighted by atomic mass is 28.4. The summed E-state index contributed by atoms with van der Waals surface area (Å²) in [5.41, 5.74) is -0.00583. The fourth-order valence-electron chi connectivity index (χ4n) is 2.03. The monoisotopic (exact) mass is 329 g/mol. The molecular formula is C16H31NO4Si. The van der Waals surface area contributed by atoms with E-state index in [1.807, 2.05) is 20.8 Å². The maximum Gasteiger partial charge on any atom is 0.414 e. The normalized spacial score (nSPS) is 22.3. The maximum atomic E-state index is 12.2. The van der Waals surface area contributed by atoms with Crippen LogP contribution in [0.25, 0.3) is 0 Å². The molecular weight excluding hydrogens is 298 g/mol. The minimum atomic E-state index is -1.91. The van der Waals surface area contributed by atoms with Crippen LogP contribution in [0.5, 0.6) is 0 Å². The summed E-state index contributed by atoms with van der Waals surface area (Å²) in [6, 6.07) is 0. The molecule has 0 aromatic carbocycles. The molecule has 1 heterocycles. The van der Waals surface area contributed by atoms with E-state index in [2.05, 4.69) is 33.9 Å². The Morgan fingerprint density at radius 1 is 1.27 bits per heavy atom. The van der Waals surface area contributed by atoms with Crippen molar-refractivity contribution in [3.63, 3.8) is 0 Å². The molecule has 0 saturated carbocycles. The molecule has 5 nitrogen and oxygen atoms in total. The minimum Gasteiger partial charge on any atom is -0.514 e. The lowest BCUT2D eigenvalue weighted by Crippen LogP contribution is -2.45. The molecule has 0 bridgehead atoms. The van der Waals surface area contributed by atoms with Crippen LogP contribution in [0, 0.1) is 0 Å². The highest BCUT2D eigenvalue weighted by Crippen LogP contribution is 2.39. The molecule has 1 amide bonds. The summed E-state index contributed by atoms with van der Waals surface area (Å²) in [5.74, 6) is 0. The van der Waals surface area contributed by atoms with E-state index in [9.17, 15) is 9.90 Å². The van der Waals surface area contributed by atoms with Gasteiger partial charge < -0.3 is 14.3 Å². The molecule has 1 aliphatic heterocycles. The van der Waals surface area contributed by atoms with Gasteiger partial charge in [-0.2, -0.15) is 0 Å². The molecule has 6 heteroatoms. The van der Waals surface area contributed by atoms with Crippen molar-refractivity contribution in [3.05, 3.63) is 12.0 Å². The number of ether oxygens (including phenoxy) is 1. The predicted molar refractivity (Wildman–Crippen MR) is 90.3 cm³/mol. The van der Waals surface area contributed by atoms with Gasteiger partial charge >= 0.3 is 6.09 Å². The van der Waals surface area contributed by atoms with Crippen molar-refractivity contribution in [1.82, 2.24) is 4.90 Å². The maximum absolute atomic E-state index is 12.2. The Labute approximate surface area is 135 Å². The van der Waals surface area contributed by atoms with Crippen molar-refractivity contribution in [3.8, 4) is 0 Å². The Hall–Kier alpha value is -1.01. The Kier molecular flexibility index (Phi) is 5.40. The summed E-state index contributed by atoms with van der Waals surface area (Å²) in [5, 5.41) is 9.51. The first-order valence-corrected chi connectivity index (χ1v) is 10.7. The van der Waals surface area contributed by atoms with Crippen molar-refractivity contribution in [2.45, 2.75) is 77.8 Å². The minimum absolute atomic E-state index is 0.0909. The molecule has 0 aromatic heterocycles. The standard InChI is InChI=1S/C16H31NO4Si/c1-15(2,3)20-14(19)17-10-13(9-12(17)11-18)21-22(7,8)16(4,5)6/h11,13,18H,9-10H2,1-8H3/t13-/m1/s1. The zero-order valence-electron chi connectivity index (χ0n) is 15.2. The lowest BCUT2D eigenvalue weighted by molar-refractivity contribution is 0.0308. The summed E-state index contributed by atoms with van der Waals surface area (Å²) in [6.07, 6.45) is 0.988. The van der Waals surface area contributed by atoms with Crippen LogP contribution in [-0.4, -0.2) is 42.7 Å². The van der Waals surface area contributed by atoms with Crippen LogP contribution in [0.1, 0.15) is 48.0 Å². The lowest BCUT2D eigenvalue weighted by Gasteiger charge is -2.38. The third-order valence-corrected chi connectivity index (χ3v) is 8.74. The van der Waals surface area contributed by atoms with E-state index in [1.54, 1.807) is 0 Å². The predicted octanol–water partition coefficient (Wildman–Crippen LogP) is 4.42. The molecule has 1 atom stereocenters. The topological polar surface area (TPSA) is 59.0 Å². The number of aliphatic hydroxyl groups excluding tert-OH is 1. The second-order valence-corrected chi connectivity index (χ2v) is 13.2. The number of hydrogen-bond acceptors (Lipinski definition) is 4. The van der Waals surface area contributed by atoms with Gasteiger partial charge in [0.15, 0.2) is 8.32 Å². The second kappa shape index (κ2) is 6.24. The van der Waals surface area contributed by atoms with Gasteiger partial charge in [0.1, 0.15) is 5.60 Å². The fourth-order valence-corrected chi connectivity index (χ4v) is 3.38. The van der Waals surface area contributed by atoms with E-state index in [4.69, 9.17) is 9.16 Å². The zero-order valence-corrected chi connectivity index (χ0v) is 16.2. The molecule has 1 N–H and O–H groups in total. The van der Waals surface area contributed by atoms with Gasteiger partial charge in [0.2, 0.25) is 0 Å². The van der Waals surface area contributed by atoms with E-state index in [1.165, 1.54) is 4.90 Å². The smallest absolute Gasteiger partial charge is 0.414 e. The average Bonchev–Trinajstić information content (AvgIpc) is 2.67. The van der Waals surface area contributed by atoms with Crippen LogP contribution in [0.4, 0.5) is 4.79 Å². The van der Waals surface area contributed by atoms with Gasteiger partial charge in [-0.25, -0.2) is 4.79 Å². The summed E-state index contributed by atoms with van der Waals surface area (Å²) in [6.45, 7) is 16.8. The number of carbonyl (C=O) groups excluding carboxylic acids is 1. The van der Waals surface area contributed by atoms with Crippen LogP contribution >= 0.6 is 0 Å². The van der Waals surface area contributed by atoms with Crippen molar-refractivity contribution < 1.29 is 19.1 Å². The van der Waals surface area contributed by atoms with Gasteiger partial charge in [0.05, 0.1) is 24.6 Å². The molecule has 0 spiro atoms. The van der Waals surface area contributed by atoms with Crippen molar-refractivity contribution in [1.29, 1.82) is 0 Å². The SMILES string of the molecule is CC(C)(C)OC(=O)N1C[C@H](O[Si](C)(C)C(C)(C)C)CC1=CO. The quantitative estimate of drug-likeness (QED) is 0.602. The summed E-state index contributed by atoms with van der Waals surface area (Å²) in [4.78, 5) is 13.7. The van der Waals surface area contributed by atoms with Crippen LogP contribution in [-0.2, 0) is 9.16 Å². The number of carbonyl (C=O) groups is 1. The molecule has 0 aromatic rings.